The van der Waals surface area contributed by atoms with Crippen LogP contribution >= 0.6 is 0 Å². The Balaban J connectivity index is 2.18. The van der Waals surface area contributed by atoms with Gasteiger partial charge in [0, 0.05) is 17.5 Å². The number of aromatic nitrogens is 2. The number of nitrogens with zero attached hydrogens (tertiary/aromatic N) is 2. The Bertz CT molecular complexity index is 628. The summed E-state index contributed by atoms with van der Waals surface area (Å²) < 4.78 is 4.87. The van der Waals surface area contributed by atoms with Crippen LogP contribution in [-0.4, -0.2) is 27.0 Å². The zero-order valence-corrected chi connectivity index (χ0v) is 10.3. The van der Waals surface area contributed by atoms with Crippen molar-refractivity contribution in [2.45, 2.75) is 13.8 Å². The van der Waals surface area contributed by atoms with Crippen LogP contribution in [0.1, 0.15) is 32.3 Å². The maximum atomic E-state index is 11.8. The fraction of sp³-hybridized carbons (Fsp3) is 0.167. The summed E-state index contributed by atoms with van der Waals surface area (Å²) in [5.74, 6) is -1.72. The first-order chi connectivity index (χ1) is 8.95. The number of amides is 1. The highest BCUT2D eigenvalue weighted by atomic mass is 16.4. The summed E-state index contributed by atoms with van der Waals surface area (Å²) in [6.07, 6.45) is 1.000. The predicted molar refractivity (Wildman–Crippen MR) is 65.1 cm³/mol. The predicted octanol–water partition coefficient (Wildman–Crippen LogP) is 1.64. The van der Waals surface area contributed by atoms with Crippen LogP contribution < -0.4 is 5.32 Å². The number of carbonyl (C=O) groups is 2. The molecule has 19 heavy (non-hydrogen) atoms. The number of hydrogen-bond acceptors (Lipinski definition) is 5. The van der Waals surface area contributed by atoms with E-state index in [1.54, 1.807) is 19.9 Å². The Morgan fingerprint density at radius 3 is 2.37 bits per heavy atom. The van der Waals surface area contributed by atoms with Crippen molar-refractivity contribution in [3.8, 4) is 0 Å². The molecule has 0 radical (unpaired) electrons. The molecule has 0 aliphatic heterocycles. The third kappa shape index (κ3) is 2.95. The lowest BCUT2D eigenvalue weighted by atomic mass is 10.3. The van der Waals surface area contributed by atoms with Gasteiger partial charge in [0.05, 0.1) is 5.56 Å². The average molecular weight is 261 g/mol. The van der Waals surface area contributed by atoms with Crippen molar-refractivity contribution in [3.63, 3.8) is 0 Å². The van der Waals surface area contributed by atoms with Crippen LogP contribution in [0.15, 0.2) is 22.8 Å². The number of carbonyl (C=O) groups excluding carboxylic acids is 1. The normalized spacial score (nSPS) is 10.2. The minimum atomic E-state index is -1.16. The van der Waals surface area contributed by atoms with Crippen molar-refractivity contribution >= 4 is 17.8 Å². The van der Waals surface area contributed by atoms with E-state index < -0.39 is 11.9 Å². The van der Waals surface area contributed by atoms with Crippen molar-refractivity contribution < 1.29 is 19.1 Å². The summed E-state index contributed by atoms with van der Waals surface area (Å²) >= 11 is 0. The molecule has 0 atom stereocenters. The van der Waals surface area contributed by atoms with Crippen molar-refractivity contribution in [2.75, 3.05) is 5.32 Å². The highest BCUT2D eigenvalue weighted by Crippen LogP contribution is 2.10. The van der Waals surface area contributed by atoms with E-state index in [1.165, 1.54) is 0 Å². The Morgan fingerprint density at radius 2 is 1.84 bits per heavy atom. The van der Waals surface area contributed by atoms with Gasteiger partial charge in [0.2, 0.25) is 5.95 Å². The van der Waals surface area contributed by atoms with Gasteiger partial charge in [0.1, 0.15) is 6.26 Å². The van der Waals surface area contributed by atoms with E-state index in [-0.39, 0.29) is 17.3 Å². The van der Waals surface area contributed by atoms with E-state index in [0.717, 1.165) is 12.3 Å². The molecule has 0 bridgehead atoms. The molecule has 98 valence electrons. The number of aryl methyl sites for hydroxylation is 2. The lowest BCUT2D eigenvalue weighted by Gasteiger charge is -2.03. The molecule has 7 nitrogen and oxygen atoms in total. The molecule has 2 aromatic heterocycles. The summed E-state index contributed by atoms with van der Waals surface area (Å²) in [5, 5.41) is 11.2. The van der Waals surface area contributed by atoms with Crippen LogP contribution in [0.25, 0.3) is 0 Å². The smallest absolute Gasteiger partial charge is 0.338 e. The number of anilines is 1. The van der Waals surface area contributed by atoms with Gasteiger partial charge in [-0.1, -0.05) is 0 Å². The van der Waals surface area contributed by atoms with E-state index in [1.807, 2.05) is 0 Å². The minimum absolute atomic E-state index is 0.0912. The second-order valence-electron chi connectivity index (χ2n) is 3.93. The maximum absolute atomic E-state index is 11.8. The average Bonchev–Trinajstić information content (AvgIpc) is 2.76. The third-order valence-electron chi connectivity index (χ3n) is 2.28. The first-order valence-corrected chi connectivity index (χ1v) is 5.41. The van der Waals surface area contributed by atoms with Crippen LogP contribution in [0.4, 0.5) is 5.95 Å². The summed E-state index contributed by atoms with van der Waals surface area (Å²) in [6.45, 7) is 3.56. The molecular weight excluding hydrogens is 250 g/mol. The zero-order chi connectivity index (χ0) is 14.0. The molecule has 0 fully saturated rings. The number of hydrogen-bond donors (Lipinski definition) is 2. The lowest BCUT2D eigenvalue weighted by molar-refractivity contribution is 0.0696. The van der Waals surface area contributed by atoms with Gasteiger partial charge in [-0.15, -0.1) is 0 Å². The van der Waals surface area contributed by atoms with Gasteiger partial charge in [0.15, 0.2) is 5.76 Å². The molecule has 0 spiro atoms. The largest absolute Gasteiger partial charge is 0.478 e. The van der Waals surface area contributed by atoms with Crippen molar-refractivity contribution in [2.24, 2.45) is 0 Å². The molecule has 0 aliphatic carbocycles. The van der Waals surface area contributed by atoms with E-state index in [0.29, 0.717) is 11.4 Å². The highest BCUT2D eigenvalue weighted by molar-refractivity contribution is 6.02. The minimum Gasteiger partial charge on any atom is -0.478 e. The Kier molecular flexibility index (Phi) is 3.28. The number of nitrogens with one attached hydrogen (secondary N) is 1. The maximum Gasteiger partial charge on any atom is 0.338 e. The van der Waals surface area contributed by atoms with E-state index in [4.69, 9.17) is 9.52 Å². The Hall–Kier alpha value is -2.70. The van der Waals surface area contributed by atoms with Crippen LogP contribution in [-0.2, 0) is 0 Å². The molecular formula is C12H11N3O4. The van der Waals surface area contributed by atoms with Gasteiger partial charge in [-0.2, -0.15) is 0 Å². The van der Waals surface area contributed by atoms with Gasteiger partial charge >= 0.3 is 5.97 Å². The van der Waals surface area contributed by atoms with Gasteiger partial charge in [-0.05, 0) is 19.9 Å². The lowest BCUT2D eigenvalue weighted by Crippen LogP contribution is -2.14. The monoisotopic (exact) mass is 261 g/mol. The molecule has 7 heteroatoms. The number of carboxylic acids is 1. The molecule has 2 N–H and O–H groups in total. The molecule has 2 heterocycles. The van der Waals surface area contributed by atoms with Crippen LogP contribution in [0.3, 0.4) is 0 Å². The second kappa shape index (κ2) is 4.89. The number of furan rings is 1. The standard InChI is InChI=1S/C12H11N3O4/c1-6-3-7(2)14-12(13-6)15-10(16)9-4-8(5-19-9)11(17)18/h3-5H,1-2H3,(H,17,18)(H,13,14,15,16). The fourth-order valence-electron chi connectivity index (χ4n) is 1.51. The van der Waals surface area contributed by atoms with E-state index >= 15 is 0 Å². The van der Waals surface area contributed by atoms with E-state index in [2.05, 4.69) is 15.3 Å². The number of aromatic carboxylic acids is 1. The van der Waals surface area contributed by atoms with Gasteiger partial charge < -0.3 is 9.52 Å². The van der Waals surface area contributed by atoms with Crippen molar-refractivity contribution in [1.29, 1.82) is 0 Å². The summed E-state index contributed by atoms with van der Waals surface area (Å²) in [7, 11) is 0. The second-order valence-corrected chi connectivity index (χ2v) is 3.93. The third-order valence-corrected chi connectivity index (χ3v) is 2.28. The molecule has 0 aliphatic rings. The summed E-state index contributed by atoms with van der Waals surface area (Å²) in [6, 6.07) is 2.91. The van der Waals surface area contributed by atoms with Crippen molar-refractivity contribution in [3.05, 3.63) is 41.1 Å². The molecule has 2 rings (SSSR count). The first-order valence-electron chi connectivity index (χ1n) is 5.41. The summed E-state index contributed by atoms with van der Waals surface area (Å²) in [5.41, 5.74) is 1.34. The van der Waals surface area contributed by atoms with Crippen LogP contribution in [0.5, 0.6) is 0 Å². The molecule has 1 amide bonds. The molecule has 2 aromatic rings. The van der Waals surface area contributed by atoms with Crippen LogP contribution in [0, 0.1) is 13.8 Å². The number of rotatable bonds is 3. The Labute approximate surface area is 108 Å². The van der Waals surface area contributed by atoms with Gasteiger partial charge in [-0.25, -0.2) is 14.8 Å². The molecule has 0 aromatic carbocycles. The van der Waals surface area contributed by atoms with Crippen LogP contribution in [0.2, 0.25) is 0 Å². The first kappa shape index (κ1) is 12.7. The fourth-order valence-corrected chi connectivity index (χ4v) is 1.51. The molecule has 0 unspecified atom stereocenters. The zero-order valence-electron chi connectivity index (χ0n) is 10.3. The topological polar surface area (TPSA) is 105 Å². The SMILES string of the molecule is Cc1cc(C)nc(NC(=O)c2cc(C(=O)O)co2)n1. The highest BCUT2D eigenvalue weighted by Gasteiger charge is 2.15. The summed E-state index contributed by atoms with van der Waals surface area (Å²) in [4.78, 5) is 30.5. The van der Waals surface area contributed by atoms with E-state index in [9.17, 15) is 9.59 Å². The van der Waals surface area contributed by atoms with Gasteiger partial charge in [-0.3, -0.25) is 10.1 Å². The molecule has 0 saturated heterocycles. The number of carboxylic acid groups (broad SMARTS) is 1. The Morgan fingerprint density at radius 1 is 1.21 bits per heavy atom. The quantitative estimate of drug-likeness (QED) is 0.870. The molecule has 0 saturated carbocycles. The van der Waals surface area contributed by atoms with Gasteiger partial charge in [0.25, 0.3) is 5.91 Å². The van der Waals surface area contributed by atoms with Crippen molar-refractivity contribution in [1.82, 2.24) is 9.97 Å².